The third-order valence-corrected chi connectivity index (χ3v) is 1.68. The number of nitrogens with zero attached hydrogens (tertiary/aromatic N) is 1. The third-order valence-electron chi connectivity index (χ3n) is 1.68. The summed E-state index contributed by atoms with van der Waals surface area (Å²) in [5.74, 6) is -0.712. The molecule has 0 aliphatic rings. The molecule has 0 atom stereocenters. The van der Waals surface area contributed by atoms with Gasteiger partial charge in [-0.25, -0.2) is 0 Å². The Morgan fingerprint density at radius 2 is 1.67 bits per heavy atom. The minimum atomic E-state index is -0.671. The Hall–Kier alpha value is -1.06. The monoisotopic (exact) mass is 171 g/mol. The minimum absolute atomic E-state index is 0.0370. The van der Waals surface area contributed by atoms with Crippen molar-refractivity contribution in [2.24, 2.45) is 0 Å². The van der Waals surface area contributed by atoms with E-state index in [0.29, 0.717) is 13.1 Å². The summed E-state index contributed by atoms with van der Waals surface area (Å²) in [7, 11) is 0. The van der Waals surface area contributed by atoms with Crippen LogP contribution in [0.5, 0.6) is 0 Å². The summed E-state index contributed by atoms with van der Waals surface area (Å²) in [4.78, 5) is 23.1. The van der Waals surface area contributed by atoms with Crippen molar-refractivity contribution < 1.29 is 9.59 Å². The lowest BCUT2D eigenvalue weighted by Crippen LogP contribution is -2.30. The van der Waals surface area contributed by atoms with E-state index in [9.17, 15) is 9.59 Å². The lowest BCUT2D eigenvalue weighted by molar-refractivity contribution is -0.132. The molecule has 4 nitrogen and oxygen atoms in total. The first-order valence-corrected chi connectivity index (χ1v) is 4.14. The number of hydrogen-bond acceptors (Lipinski definition) is 2. The maximum absolute atomic E-state index is 11.2. The molecular weight excluding hydrogens is 156 g/mol. The standard InChI is InChI=1S/C8H15N2O2/c1-3-10(4-2)8(12)6-5-7(9)11/h9H,3-6H2,1-2H3. The summed E-state index contributed by atoms with van der Waals surface area (Å²) < 4.78 is 0. The van der Waals surface area contributed by atoms with Gasteiger partial charge in [0.25, 0.3) is 0 Å². The van der Waals surface area contributed by atoms with Crippen LogP contribution in [0.2, 0.25) is 0 Å². The van der Waals surface area contributed by atoms with Crippen LogP contribution in [-0.2, 0) is 9.59 Å². The van der Waals surface area contributed by atoms with E-state index < -0.39 is 5.91 Å². The summed E-state index contributed by atoms with van der Waals surface area (Å²) in [5.41, 5.74) is 6.62. The Labute approximate surface area is 72.7 Å². The van der Waals surface area contributed by atoms with Crippen LogP contribution in [0.3, 0.4) is 0 Å². The smallest absolute Gasteiger partial charge is 0.238 e. The molecular formula is C8H15N2O2. The number of nitrogens with one attached hydrogen (secondary N) is 1. The van der Waals surface area contributed by atoms with Crippen molar-refractivity contribution in [3.63, 3.8) is 0 Å². The number of carbonyl (C=O) groups is 2. The maximum atomic E-state index is 11.2. The first-order chi connectivity index (χ1) is 5.61. The molecule has 0 spiro atoms. The zero-order valence-corrected chi connectivity index (χ0v) is 7.59. The number of carbonyl (C=O) groups excluding carboxylic acids is 2. The maximum Gasteiger partial charge on any atom is 0.238 e. The van der Waals surface area contributed by atoms with E-state index in [1.54, 1.807) is 4.90 Å². The minimum Gasteiger partial charge on any atom is -0.343 e. The first-order valence-electron chi connectivity index (χ1n) is 4.14. The first kappa shape index (κ1) is 10.9. The third kappa shape index (κ3) is 3.95. The van der Waals surface area contributed by atoms with Gasteiger partial charge in [0.1, 0.15) is 0 Å². The largest absolute Gasteiger partial charge is 0.343 e. The van der Waals surface area contributed by atoms with Gasteiger partial charge in [0, 0.05) is 25.9 Å². The van der Waals surface area contributed by atoms with Crippen LogP contribution in [0, 0.1) is 0 Å². The van der Waals surface area contributed by atoms with Crippen LogP contribution in [0.4, 0.5) is 0 Å². The van der Waals surface area contributed by atoms with Crippen molar-refractivity contribution in [1.82, 2.24) is 10.6 Å². The second-order valence-electron chi connectivity index (χ2n) is 2.49. The normalized spacial score (nSPS) is 9.50. The van der Waals surface area contributed by atoms with Gasteiger partial charge in [-0.1, -0.05) is 0 Å². The van der Waals surface area contributed by atoms with E-state index >= 15 is 0 Å². The Balaban J connectivity index is 3.77. The molecule has 0 fully saturated rings. The molecule has 0 bridgehead atoms. The Bertz CT molecular complexity index is 164. The number of amides is 2. The van der Waals surface area contributed by atoms with Gasteiger partial charge in [-0.15, -0.1) is 0 Å². The van der Waals surface area contributed by atoms with Crippen molar-refractivity contribution in [3.8, 4) is 0 Å². The van der Waals surface area contributed by atoms with Gasteiger partial charge in [-0.05, 0) is 13.8 Å². The Morgan fingerprint density at radius 3 is 2.00 bits per heavy atom. The second-order valence-corrected chi connectivity index (χ2v) is 2.49. The van der Waals surface area contributed by atoms with Gasteiger partial charge in [-0.2, -0.15) is 0 Å². The van der Waals surface area contributed by atoms with E-state index in [2.05, 4.69) is 0 Å². The SMILES string of the molecule is CCN(CC)C(=O)CCC([NH])=O. The average Bonchev–Trinajstić information content (AvgIpc) is 2.03. The molecule has 1 radical (unpaired) electrons. The molecule has 0 unspecified atom stereocenters. The van der Waals surface area contributed by atoms with Gasteiger partial charge >= 0.3 is 0 Å². The van der Waals surface area contributed by atoms with Crippen LogP contribution in [0.1, 0.15) is 26.7 Å². The summed E-state index contributed by atoms with van der Waals surface area (Å²) in [6.45, 7) is 5.12. The zero-order chi connectivity index (χ0) is 9.56. The van der Waals surface area contributed by atoms with Crippen molar-refractivity contribution in [2.45, 2.75) is 26.7 Å². The molecule has 0 saturated heterocycles. The molecule has 0 aromatic carbocycles. The van der Waals surface area contributed by atoms with Crippen LogP contribution >= 0.6 is 0 Å². The van der Waals surface area contributed by atoms with Gasteiger partial charge in [-0.3, -0.25) is 15.3 Å². The van der Waals surface area contributed by atoms with E-state index in [-0.39, 0.29) is 18.7 Å². The van der Waals surface area contributed by atoms with Crippen molar-refractivity contribution >= 4 is 11.8 Å². The van der Waals surface area contributed by atoms with Crippen LogP contribution in [0.25, 0.3) is 0 Å². The molecule has 1 N–H and O–H groups in total. The predicted octanol–water partition coefficient (Wildman–Crippen LogP) is 0.444. The number of rotatable bonds is 5. The summed E-state index contributed by atoms with van der Waals surface area (Å²) in [5, 5.41) is 0. The Morgan fingerprint density at radius 1 is 1.17 bits per heavy atom. The lowest BCUT2D eigenvalue weighted by atomic mass is 10.2. The summed E-state index contributed by atoms with van der Waals surface area (Å²) >= 11 is 0. The number of hydrogen-bond donors (Lipinski definition) is 0. The van der Waals surface area contributed by atoms with Gasteiger partial charge in [0.2, 0.25) is 11.8 Å². The van der Waals surface area contributed by atoms with E-state index in [0.717, 1.165) is 0 Å². The molecule has 0 aliphatic carbocycles. The van der Waals surface area contributed by atoms with E-state index in [1.807, 2.05) is 13.8 Å². The zero-order valence-electron chi connectivity index (χ0n) is 7.59. The highest BCUT2D eigenvalue weighted by molar-refractivity contribution is 5.82. The van der Waals surface area contributed by atoms with Crippen molar-refractivity contribution in [3.05, 3.63) is 0 Å². The fourth-order valence-corrected chi connectivity index (χ4v) is 0.955. The molecule has 0 aromatic rings. The van der Waals surface area contributed by atoms with Crippen LogP contribution in [0.15, 0.2) is 0 Å². The van der Waals surface area contributed by atoms with Gasteiger partial charge in [0.15, 0.2) is 0 Å². The van der Waals surface area contributed by atoms with E-state index in [1.165, 1.54) is 0 Å². The topological polar surface area (TPSA) is 61.2 Å². The molecule has 2 amide bonds. The average molecular weight is 171 g/mol. The molecule has 0 aromatic heterocycles. The molecule has 0 saturated carbocycles. The molecule has 4 heteroatoms. The van der Waals surface area contributed by atoms with Crippen LogP contribution < -0.4 is 5.73 Å². The lowest BCUT2D eigenvalue weighted by Gasteiger charge is -2.17. The van der Waals surface area contributed by atoms with Gasteiger partial charge < -0.3 is 4.90 Å². The fraction of sp³-hybridized carbons (Fsp3) is 0.750. The van der Waals surface area contributed by atoms with Crippen LogP contribution in [-0.4, -0.2) is 29.8 Å². The quantitative estimate of drug-likeness (QED) is 0.602. The van der Waals surface area contributed by atoms with E-state index in [4.69, 9.17) is 5.73 Å². The summed E-state index contributed by atoms with van der Waals surface area (Å²) in [6.07, 6.45) is 0.208. The molecule has 0 heterocycles. The second kappa shape index (κ2) is 5.57. The molecule has 12 heavy (non-hydrogen) atoms. The summed E-state index contributed by atoms with van der Waals surface area (Å²) in [6, 6.07) is 0. The Kier molecular flexibility index (Phi) is 5.08. The van der Waals surface area contributed by atoms with Crippen molar-refractivity contribution in [1.29, 1.82) is 0 Å². The predicted molar refractivity (Wildman–Crippen MR) is 45.3 cm³/mol. The van der Waals surface area contributed by atoms with Crippen molar-refractivity contribution in [2.75, 3.05) is 13.1 Å². The van der Waals surface area contributed by atoms with Gasteiger partial charge in [0.05, 0.1) is 0 Å². The molecule has 0 rings (SSSR count). The highest BCUT2D eigenvalue weighted by atomic mass is 16.2. The molecule has 69 valence electrons. The fourth-order valence-electron chi connectivity index (χ4n) is 0.955. The highest BCUT2D eigenvalue weighted by Crippen LogP contribution is 1.96. The highest BCUT2D eigenvalue weighted by Gasteiger charge is 2.09. The molecule has 0 aliphatic heterocycles.